The van der Waals surface area contributed by atoms with Crippen LogP contribution in [0.1, 0.15) is 43.6 Å². The summed E-state index contributed by atoms with van der Waals surface area (Å²) in [6.45, 7) is 4.96. The molecular formula is C25H26N4O4. The number of carbonyl (C=O) groups excluding carboxylic acids is 3. The summed E-state index contributed by atoms with van der Waals surface area (Å²) in [4.78, 5) is 44.3. The van der Waals surface area contributed by atoms with Crippen molar-refractivity contribution in [3.05, 3.63) is 71.4 Å². The van der Waals surface area contributed by atoms with Crippen molar-refractivity contribution in [1.82, 2.24) is 20.3 Å². The van der Waals surface area contributed by atoms with Crippen molar-refractivity contribution in [1.29, 1.82) is 0 Å². The molecule has 2 N–H and O–H groups in total. The number of para-hydroxylation sites is 1. The van der Waals surface area contributed by atoms with Crippen LogP contribution in [0.2, 0.25) is 0 Å². The average molecular weight is 447 g/mol. The molecule has 1 saturated heterocycles. The van der Waals surface area contributed by atoms with Gasteiger partial charge in [0, 0.05) is 23.0 Å². The number of hydrogen-bond acceptors (Lipinski definition) is 4. The van der Waals surface area contributed by atoms with Gasteiger partial charge in [-0.15, -0.1) is 0 Å². The summed E-state index contributed by atoms with van der Waals surface area (Å²) in [5, 5.41) is 2.12. The van der Waals surface area contributed by atoms with Crippen molar-refractivity contribution in [3.63, 3.8) is 0 Å². The third-order valence-corrected chi connectivity index (χ3v) is 6.00. The van der Waals surface area contributed by atoms with Crippen LogP contribution in [0.5, 0.6) is 0 Å². The van der Waals surface area contributed by atoms with Crippen LogP contribution in [-0.2, 0) is 20.7 Å². The van der Waals surface area contributed by atoms with Gasteiger partial charge in [0.15, 0.2) is 0 Å². The summed E-state index contributed by atoms with van der Waals surface area (Å²) in [5.41, 5.74) is 5.57. The lowest BCUT2D eigenvalue weighted by molar-refractivity contribution is -0.161. The molecule has 3 amide bonds. The van der Waals surface area contributed by atoms with Crippen molar-refractivity contribution >= 4 is 28.8 Å². The summed E-state index contributed by atoms with van der Waals surface area (Å²) < 4.78 is 5.28. The van der Waals surface area contributed by atoms with Crippen molar-refractivity contribution in [2.45, 2.75) is 44.9 Å². The molecule has 0 spiro atoms. The zero-order chi connectivity index (χ0) is 23.3. The summed E-state index contributed by atoms with van der Waals surface area (Å²) in [7, 11) is 0. The van der Waals surface area contributed by atoms with E-state index in [0.29, 0.717) is 6.42 Å². The molecule has 170 valence electrons. The number of hydrazine groups is 1. The van der Waals surface area contributed by atoms with E-state index in [0.717, 1.165) is 32.7 Å². The first-order valence-corrected chi connectivity index (χ1v) is 11.0. The Morgan fingerprint density at radius 2 is 1.76 bits per heavy atom. The maximum Gasteiger partial charge on any atom is 0.426 e. The van der Waals surface area contributed by atoms with E-state index in [4.69, 9.17) is 4.74 Å². The van der Waals surface area contributed by atoms with Crippen LogP contribution in [0, 0.1) is 0 Å². The highest BCUT2D eigenvalue weighted by Gasteiger charge is 2.48. The second kappa shape index (κ2) is 7.65. The van der Waals surface area contributed by atoms with Crippen molar-refractivity contribution < 1.29 is 19.1 Å². The van der Waals surface area contributed by atoms with Gasteiger partial charge >= 0.3 is 6.09 Å². The Labute approximate surface area is 191 Å². The number of nitrogens with one attached hydrogen (secondary N) is 2. The molecule has 0 radical (unpaired) electrons. The highest BCUT2D eigenvalue weighted by Crippen LogP contribution is 2.42. The van der Waals surface area contributed by atoms with Gasteiger partial charge in [0.05, 0.1) is 6.04 Å². The molecule has 2 atom stereocenters. The van der Waals surface area contributed by atoms with Gasteiger partial charge < -0.3 is 14.6 Å². The van der Waals surface area contributed by atoms with E-state index in [2.05, 4.69) is 10.4 Å². The van der Waals surface area contributed by atoms with Gasteiger partial charge in [-0.05, 0) is 38.0 Å². The predicted molar refractivity (Wildman–Crippen MR) is 122 cm³/mol. The van der Waals surface area contributed by atoms with Crippen molar-refractivity contribution in [3.8, 4) is 0 Å². The molecule has 2 aliphatic heterocycles. The normalized spacial score (nSPS) is 20.5. The smallest absolute Gasteiger partial charge is 0.426 e. The molecule has 2 aromatic carbocycles. The minimum absolute atomic E-state index is 0.242. The number of H-pyrrole nitrogens is 1. The molecule has 0 aliphatic carbocycles. The lowest BCUT2D eigenvalue weighted by atomic mass is 9.86. The molecule has 0 saturated carbocycles. The zero-order valence-corrected chi connectivity index (χ0v) is 18.8. The summed E-state index contributed by atoms with van der Waals surface area (Å²) in [5.74, 6) is -0.578. The van der Waals surface area contributed by atoms with Gasteiger partial charge in [0.2, 0.25) is 5.91 Å². The van der Waals surface area contributed by atoms with Crippen LogP contribution < -0.4 is 5.43 Å². The first kappa shape index (κ1) is 21.1. The minimum Gasteiger partial charge on any atom is -0.443 e. The molecule has 3 heterocycles. The summed E-state index contributed by atoms with van der Waals surface area (Å²) >= 11 is 0. The van der Waals surface area contributed by atoms with Gasteiger partial charge in [-0.3, -0.25) is 9.59 Å². The number of amides is 3. The Kier molecular flexibility index (Phi) is 4.88. The standard InChI is InChI=1S/C25H26N4O4/c1-25(2,3)33-24(32)27-28-14-20(30)29-19(23(28)31)13-17-16-11-7-8-12-18(16)26-21(17)22(29)15-9-5-4-6-10-15/h4-12,19,22,26H,13-14H2,1-3H3,(H,27,32)/t19-,22?/m1/s1. The van der Waals surface area contributed by atoms with Gasteiger partial charge in [-0.2, -0.15) is 0 Å². The number of fused-ring (bicyclic) bond motifs is 4. The monoisotopic (exact) mass is 446 g/mol. The molecule has 8 nitrogen and oxygen atoms in total. The van der Waals surface area contributed by atoms with Gasteiger partial charge in [0.25, 0.3) is 5.91 Å². The third-order valence-electron chi connectivity index (χ3n) is 6.00. The van der Waals surface area contributed by atoms with Crippen LogP contribution in [0.25, 0.3) is 10.9 Å². The van der Waals surface area contributed by atoms with E-state index in [1.54, 1.807) is 25.7 Å². The Morgan fingerprint density at radius 1 is 1.06 bits per heavy atom. The maximum atomic E-state index is 13.5. The number of nitrogens with zero attached hydrogens (tertiary/aromatic N) is 2. The first-order chi connectivity index (χ1) is 15.7. The zero-order valence-electron chi connectivity index (χ0n) is 18.8. The van der Waals surface area contributed by atoms with E-state index in [9.17, 15) is 14.4 Å². The Balaban J connectivity index is 1.55. The molecule has 33 heavy (non-hydrogen) atoms. The van der Waals surface area contributed by atoms with Gasteiger partial charge in [-0.1, -0.05) is 48.5 Å². The lowest BCUT2D eigenvalue weighted by Crippen LogP contribution is -2.66. The fourth-order valence-electron chi connectivity index (χ4n) is 4.75. The number of aromatic nitrogens is 1. The van der Waals surface area contributed by atoms with E-state index in [1.807, 2.05) is 54.6 Å². The second-order valence-electron chi connectivity index (χ2n) is 9.44. The number of ether oxygens (including phenoxy) is 1. The number of carbonyl (C=O) groups is 3. The van der Waals surface area contributed by atoms with Crippen molar-refractivity contribution in [2.24, 2.45) is 0 Å². The number of benzene rings is 2. The van der Waals surface area contributed by atoms with Gasteiger partial charge in [-0.25, -0.2) is 15.2 Å². The number of piperazine rings is 1. The molecule has 0 bridgehead atoms. The molecule has 1 aromatic heterocycles. The largest absolute Gasteiger partial charge is 0.443 e. The number of rotatable bonds is 2. The molecule has 2 aliphatic rings. The molecule has 5 rings (SSSR count). The molecule has 3 aromatic rings. The Hall–Kier alpha value is -3.81. The molecular weight excluding hydrogens is 420 g/mol. The van der Waals surface area contributed by atoms with E-state index >= 15 is 0 Å². The Bertz CT molecular complexity index is 1240. The molecule has 8 heteroatoms. The summed E-state index contributed by atoms with van der Waals surface area (Å²) in [6.07, 6.45) is -0.403. The lowest BCUT2D eigenvalue weighted by Gasteiger charge is -2.46. The second-order valence-corrected chi connectivity index (χ2v) is 9.44. The highest BCUT2D eigenvalue weighted by molar-refractivity contribution is 5.98. The van der Waals surface area contributed by atoms with Crippen LogP contribution in [0.3, 0.4) is 0 Å². The maximum absolute atomic E-state index is 13.5. The molecule has 1 unspecified atom stereocenters. The topological polar surface area (TPSA) is 94.7 Å². The average Bonchev–Trinajstić information content (AvgIpc) is 3.13. The van der Waals surface area contributed by atoms with E-state index in [-0.39, 0.29) is 18.4 Å². The molecule has 1 fully saturated rings. The fourth-order valence-corrected chi connectivity index (χ4v) is 4.75. The van der Waals surface area contributed by atoms with Crippen LogP contribution >= 0.6 is 0 Å². The quantitative estimate of drug-likeness (QED) is 0.632. The van der Waals surface area contributed by atoms with Crippen LogP contribution in [0.15, 0.2) is 54.6 Å². The highest BCUT2D eigenvalue weighted by atomic mass is 16.6. The number of hydrogen-bond donors (Lipinski definition) is 2. The fraction of sp³-hybridized carbons (Fsp3) is 0.320. The van der Waals surface area contributed by atoms with E-state index in [1.165, 1.54) is 0 Å². The number of aromatic amines is 1. The SMILES string of the molecule is CC(C)(C)OC(=O)NN1CC(=O)N2C(c3ccccc3)c3[nH]c4ccccc4c3C[C@@H]2C1=O. The summed E-state index contributed by atoms with van der Waals surface area (Å²) in [6, 6.07) is 16.5. The third kappa shape index (κ3) is 3.71. The van der Waals surface area contributed by atoms with Crippen LogP contribution in [-0.4, -0.2) is 51.0 Å². The Morgan fingerprint density at radius 3 is 2.48 bits per heavy atom. The first-order valence-electron chi connectivity index (χ1n) is 11.0. The van der Waals surface area contributed by atoms with Crippen LogP contribution in [0.4, 0.5) is 4.79 Å². The minimum atomic E-state index is -0.764. The predicted octanol–water partition coefficient (Wildman–Crippen LogP) is 3.29. The van der Waals surface area contributed by atoms with E-state index < -0.39 is 23.8 Å². The van der Waals surface area contributed by atoms with Gasteiger partial charge in [0.1, 0.15) is 18.2 Å². The van der Waals surface area contributed by atoms with Crippen molar-refractivity contribution in [2.75, 3.05) is 6.54 Å².